The molecule has 3 saturated carbocycles. The van der Waals surface area contributed by atoms with Crippen molar-refractivity contribution < 1.29 is 78.1 Å². The number of halogens is 1. The Morgan fingerprint density at radius 2 is 1.85 bits per heavy atom. The second kappa shape index (κ2) is 9.56. The van der Waals surface area contributed by atoms with Crippen molar-refractivity contribution in [2.45, 2.75) is 63.8 Å². The molecule has 0 aliphatic heterocycles. The molecule has 9 nitrogen and oxygen atoms in total. The number of ketones is 2. The number of hydrogen-bond donors (Lipinski definition) is 5. The monoisotopic (exact) mass is 512 g/mol. The molecule has 0 spiro atoms. The van der Waals surface area contributed by atoms with Crippen LogP contribution in [0, 0.1) is 28.6 Å². The number of Topliss-reactive ketones (excluding diaryl/α,β-unsaturated/α-hetero) is 1. The molecule has 0 heterocycles. The van der Waals surface area contributed by atoms with Crippen LogP contribution in [0.3, 0.4) is 0 Å². The van der Waals surface area contributed by atoms with Crippen LogP contribution in [0.2, 0.25) is 0 Å². The quantitative estimate of drug-likeness (QED) is 0.195. The van der Waals surface area contributed by atoms with E-state index in [0.717, 1.165) is 0 Å². The standard InChI is InChI=1S/C22H29FO5.Na.H3O4P/c1-12-8-16-15-5-4-13-9-14(25)6-7-19(13,2)21(15,23)17(26)10-20(16,3)22(12,28)18(27)11-24;;1-5(2,3)4/h6-7,9,12,15-17,24,26,28H,4-5,8,10-11H2,1-3H3;;(H3,1,2,3,4)/q;+1;/p-1/t12-,15?,16?,17+,19+,20+,21+,22+;;/m1../s1. The molecule has 0 amide bonds. The zero-order chi connectivity index (χ0) is 25.2. The van der Waals surface area contributed by atoms with Gasteiger partial charge in [-0.1, -0.05) is 25.5 Å². The van der Waals surface area contributed by atoms with E-state index in [9.17, 15) is 24.9 Å². The van der Waals surface area contributed by atoms with Gasteiger partial charge < -0.3 is 30.0 Å². The Balaban J connectivity index is 0.000000619. The van der Waals surface area contributed by atoms with Crippen molar-refractivity contribution in [3.05, 3.63) is 23.8 Å². The van der Waals surface area contributed by atoms with E-state index < -0.39 is 60.3 Å². The predicted octanol–water partition coefficient (Wildman–Crippen LogP) is -2.66. The summed E-state index contributed by atoms with van der Waals surface area (Å²) in [5.41, 5.74) is -5.17. The molecular weight excluding hydrogens is 481 g/mol. The Bertz CT molecular complexity index is 958. The number of aliphatic hydroxyl groups excluding tert-OH is 2. The fourth-order valence-electron chi connectivity index (χ4n) is 7.26. The summed E-state index contributed by atoms with van der Waals surface area (Å²) in [4.78, 5) is 47.3. The second-order valence-corrected chi connectivity index (χ2v) is 11.2. The van der Waals surface area contributed by atoms with E-state index in [1.807, 2.05) is 0 Å². The smallest absolute Gasteiger partial charge is 0.756 e. The number of phosphoric acid groups is 1. The molecule has 0 aromatic rings. The van der Waals surface area contributed by atoms with Crippen LogP contribution in [0.1, 0.15) is 46.5 Å². The summed E-state index contributed by atoms with van der Waals surface area (Å²) in [5.74, 6) is -2.12. The molecule has 4 aliphatic carbocycles. The minimum absolute atomic E-state index is 0. The van der Waals surface area contributed by atoms with Crippen LogP contribution in [0.15, 0.2) is 23.8 Å². The van der Waals surface area contributed by atoms with Gasteiger partial charge in [0.15, 0.2) is 17.2 Å². The number of allylic oxidation sites excluding steroid dienone is 4. The predicted molar refractivity (Wildman–Crippen MR) is 112 cm³/mol. The average molecular weight is 512 g/mol. The first-order chi connectivity index (χ1) is 15.0. The maximum Gasteiger partial charge on any atom is 1.00 e. The van der Waals surface area contributed by atoms with Crippen molar-refractivity contribution in [2.75, 3.05) is 6.61 Å². The van der Waals surface area contributed by atoms with Gasteiger partial charge in [-0.05, 0) is 56.6 Å². The van der Waals surface area contributed by atoms with E-state index in [2.05, 4.69) is 0 Å². The number of alkyl halides is 1. The molecule has 34 heavy (non-hydrogen) atoms. The van der Waals surface area contributed by atoms with Crippen molar-refractivity contribution in [2.24, 2.45) is 28.6 Å². The topological polar surface area (TPSA) is 175 Å². The van der Waals surface area contributed by atoms with Crippen LogP contribution >= 0.6 is 7.82 Å². The third-order valence-corrected chi connectivity index (χ3v) is 8.79. The van der Waals surface area contributed by atoms with Crippen molar-refractivity contribution >= 4 is 19.4 Å². The number of hydrogen-bond acceptors (Lipinski definition) is 7. The first kappa shape index (κ1) is 30.0. The molecule has 186 valence electrons. The molecule has 0 saturated heterocycles. The molecule has 0 radical (unpaired) electrons. The summed E-state index contributed by atoms with van der Waals surface area (Å²) in [6.45, 7) is 4.48. The summed E-state index contributed by atoms with van der Waals surface area (Å²) in [6, 6.07) is 0. The molecule has 0 aromatic heterocycles. The van der Waals surface area contributed by atoms with E-state index in [4.69, 9.17) is 19.2 Å². The minimum Gasteiger partial charge on any atom is -0.756 e. The van der Waals surface area contributed by atoms with E-state index in [1.54, 1.807) is 26.8 Å². The van der Waals surface area contributed by atoms with E-state index in [1.165, 1.54) is 12.2 Å². The van der Waals surface area contributed by atoms with Crippen molar-refractivity contribution in [3.8, 4) is 0 Å². The van der Waals surface area contributed by atoms with Crippen molar-refractivity contribution in [3.63, 3.8) is 0 Å². The summed E-state index contributed by atoms with van der Waals surface area (Å²) in [5, 5.41) is 32.0. The Morgan fingerprint density at radius 1 is 1.29 bits per heavy atom. The Morgan fingerprint density at radius 3 is 2.38 bits per heavy atom. The summed E-state index contributed by atoms with van der Waals surface area (Å²) < 4.78 is 25.6. The van der Waals surface area contributed by atoms with Gasteiger partial charge in [0.05, 0.1) is 6.10 Å². The van der Waals surface area contributed by atoms with Crippen molar-refractivity contribution in [1.82, 2.24) is 0 Å². The van der Waals surface area contributed by atoms with Gasteiger partial charge in [-0.2, -0.15) is 0 Å². The number of fused-ring (bicyclic) bond motifs is 5. The third kappa shape index (κ3) is 4.28. The van der Waals surface area contributed by atoms with E-state index >= 15 is 4.39 Å². The van der Waals surface area contributed by atoms with Crippen LogP contribution in [0.4, 0.5) is 4.39 Å². The number of aliphatic hydroxyl groups is 3. The Kier molecular flexibility index (Phi) is 8.43. The molecule has 3 fully saturated rings. The summed E-state index contributed by atoms with van der Waals surface area (Å²) in [7, 11) is -4.89. The Labute approximate surface area is 219 Å². The molecule has 4 rings (SSSR count). The molecule has 2 unspecified atom stereocenters. The molecule has 4 aliphatic rings. The van der Waals surface area contributed by atoms with Gasteiger partial charge in [-0.25, -0.2) is 4.39 Å². The SMILES string of the molecule is C[C@@H]1CC2C3CCC4=CC(=O)C=C[C@]4(C)[C@@]3(F)[C@@H](O)C[C@]2(C)[C@@]1(O)C(=O)CO.O=P([O-])(O)O.[Na+]. The maximum absolute atomic E-state index is 16.9. The van der Waals surface area contributed by atoms with Gasteiger partial charge in [0.25, 0.3) is 7.82 Å². The minimum atomic E-state index is -4.89. The van der Waals surface area contributed by atoms with Gasteiger partial charge in [0, 0.05) is 16.7 Å². The van der Waals surface area contributed by atoms with Crippen LogP contribution < -0.4 is 34.5 Å². The molecule has 0 aromatic carbocycles. The van der Waals surface area contributed by atoms with Gasteiger partial charge in [-0.15, -0.1) is 0 Å². The summed E-state index contributed by atoms with van der Waals surface area (Å²) in [6.07, 6.45) is 4.44. The first-order valence-electron chi connectivity index (χ1n) is 10.9. The first-order valence-corrected chi connectivity index (χ1v) is 12.4. The van der Waals surface area contributed by atoms with Gasteiger partial charge in [0.2, 0.25) is 0 Å². The largest absolute Gasteiger partial charge is 1.00 e. The third-order valence-electron chi connectivity index (χ3n) is 8.79. The number of carbonyl (C=O) groups excluding carboxylic acids is 2. The molecular formula is C22H31FNaO9P. The fourth-order valence-corrected chi connectivity index (χ4v) is 7.26. The van der Waals surface area contributed by atoms with Crippen LogP contribution in [-0.4, -0.2) is 60.7 Å². The van der Waals surface area contributed by atoms with E-state index in [0.29, 0.717) is 24.8 Å². The van der Waals surface area contributed by atoms with Gasteiger partial charge in [-0.3, -0.25) is 14.2 Å². The summed E-state index contributed by atoms with van der Waals surface area (Å²) >= 11 is 0. The normalized spacial score (nSPS) is 45.0. The zero-order valence-electron chi connectivity index (χ0n) is 19.8. The Hall–Kier alpha value is -0.260. The molecule has 0 bridgehead atoms. The molecule has 5 N–H and O–H groups in total. The fraction of sp³-hybridized carbons (Fsp3) is 0.727. The number of carbonyl (C=O) groups is 2. The van der Waals surface area contributed by atoms with Gasteiger partial charge >= 0.3 is 29.6 Å². The van der Waals surface area contributed by atoms with E-state index in [-0.39, 0.29) is 47.7 Å². The van der Waals surface area contributed by atoms with Crippen LogP contribution in [0.5, 0.6) is 0 Å². The van der Waals surface area contributed by atoms with Crippen molar-refractivity contribution in [1.29, 1.82) is 0 Å². The number of rotatable bonds is 2. The molecule has 12 heteroatoms. The van der Waals surface area contributed by atoms with Gasteiger partial charge in [0.1, 0.15) is 12.2 Å². The molecule has 8 atom stereocenters. The second-order valence-electron chi connectivity index (χ2n) is 10.2. The maximum atomic E-state index is 16.9. The average Bonchev–Trinajstić information content (AvgIpc) is 2.89. The van der Waals surface area contributed by atoms with Crippen LogP contribution in [-0.2, 0) is 14.2 Å². The van der Waals surface area contributed by atoms with Crippen LogP contribution in [0.25, 0.3) is 0 Å². The zero-order valence-corrected chi connectivity index (χ0v) is 22.7.